The fourth-order valence-corrected chi connectivity index (χ4v) is 2.06. The van der Waals surface area contributed by atoms with Crippen LogP contribution in [0.25, 0.3) is 0 Å². The normalized spacial score (nSPS) is 17.0. The summed E-state index contributed by atoms with van der Waals surface area (Å²) in [6, 6.07) is 8.91. The molecule has 0 aromatic heterocycles. The van der Waals surface area contributed by atoms with Crippen molar-refractivity contribution in [1.29, 1.82) is 0 Å². The van der Waals surface area contributed by atoms with Gasteiger partial charge in [-0.15, -0.1) is 0 Å². The first-order chi connectivity index (χ1) is 8.40. The minimum Gasteiger partial charge on any atom is -0.382 e. The molecule has 2 rings (SSSR count). The molecule has 1 aliphatic rings. The molecule has 1 aromatic rings. The maximum absolute atomic E-state index is 5.48. The second-order valence-corrected chi connectivity index (χ2v) is 4.33. The lowest BCUT2D eigenvalue weighted by molar-refractivity contribution is 0.0903. The largest absolute Gasteiger partial charge is 0.382 e. The van der Waals surface area contributed by atoms with Gasteiger partial charge in [0.15, 0.2) is 0 Å². The topological polar surface area (TPSA) is 30.5 Å². The van der Waals surface area contributed by atoms with Gasteiger partial charge in [0.05, 0.1) is 6.61 Å². The Kier molecular flexibility index (Phi) is 4.83. The summed E-state index contributed by atoms with van der Waals surface area (Å²) in [5, 5.41) is 3.60. The summed E-state index contributed by atoms with van der Waals surface area (Å²) >= 11 is 0. The fraction of sp³-hybridized carbons (Fsp3) is 0.571. The zero-order chi connectivity index (χ0) is 11.9. The molecular weight excluding hydrogens is 214 g/mol. The highest BCUT2D eigenvalue weighted by Crippen LogP contribution is 2.20. The van der Waals surface area contributed by atoms with Gasteiger partial charge in [0.2, 0.25) is 0 Å². The van der Waals surface area contributed by atoms with Crippen LogP contribution < -0.4 is 5.32 Å². The molecule has 3 heteroatoms. The molecule has 0 amide bonds. The maximum atomic E-state index is 5.48. The van der Waals surface area contributed by atoms with Gasteiger partial charge >= 0.3 is 0 Å². The molecule has 0 radical (unpaired) electrons. The molecule has 1 saturated heterocycles. The smallest absolute Gasteiger partial charge is 0.0736 e. The third kappa shape index (κ3) is 3.72. The van der Waals surface area contributed by atoms with Crippen molar-refractivity contribution in [1.82, 2.24) is 0 Å². The van der Waals surface area contributed by atoms with Crippen LogP contribution in [-0.2, 0) is 16.1 Å². The number of hydrogen-bond acceptors (Lipinski definition) is 3. The highest BCUT2D eigenvalue weighted by atomic mass is 16.5. The molecule has 0 atom stereocenters. The quantitative estimate of drug-likeness (QED) is 0.851. The molecular formula is C14H21NO2. The van der Waals surface area contributed by atoms with Gasteiger partial charge in [-0.25, -0.2) is 0 Å². The third-order valence-electron chi connectivity index (χ3n) is 3.06. The molecule has 1 aliphatic heterocycles. The predicted octanol–water partition coefficient (Wildman–Crippen LogP) is 2.81. The van der Waals surface area contributed by atoms with Crippen molar-refractivity contribution in [3.05, 3.63) is 29.8 Å². The lowest BCUT2D eigenvalue weighted by atomic mass is 10.1. The van der Waals surface area contributed by atoms with Crippen molar-refractivity contribution in [3.63, 3.8) is 0 Å². The van der Waals surface area contributed by atoms with E-state index in [2.05, 4.69) is 29.6 Å². The van der Waals surface area contributed by atoms with Crippen LogP contribution in [0.4, 0.5) is 5.69 Å². The van der Waals surface area contributed by atoms with Crippen molar-refractivity contribution in [3.8, 4) is 0 Å². The number of anilines is 1. The van der Waals surface area contributed by atoms with E-state index >= 15 is 0 Å². The van der Waals surface area contributed by atoms with Gasteiger partial charge in [-0.3, -0.25) is 0 Å². The average molecular weight is 235 g/mol. The van der Waals surface area contributed by atoms with Crippen LogP contribution in [0, 0.1) is 0 Å². The molecule has 94 valence electrons. The highest BCUT2D eigenvalue weighted by molar-refractivity contribution is 5.51. The molecule has 1 N–H and O–H groups in total. The van der Waals surface area contributed by atoms with Gasteiger partial charge < -0.3 is 14.8 Å². The zero-order valence-corrected chi connectivity index (χ0v) is 10.4. The first kappa shape index (κ1) is 12.4. The summed E-state index contributed by atoms with van der Waals surface area (Å²) < 4.78 is 10.9. The maximum Gasteiger partial charge on any atom is 0.0736 e. The van der Waals surface area contributed by atoms with E-state index in [-0.39, 0.29) is 0 Å². The third-order valence-corrected chi connectivity index (χ3v) is 3.06. The van der Waals surface area contributed by atoms with Gasteiger partial charge in [0.1, 0.15) is 0 Å². The molecule has 0 saturated carbocycles. The summed E-state index contributed by atoms with van der Waals surface area (Å²) in [5.74, 6) is 0. The van der Waals surface area contributed by atoms with E-state index in [4.69, 9.17) is 9.47 Å². The molecule has 0 spiro atoms. The number of ether oxygens (including phenoxy) is 2. The van der Waals surface area contributed by atoms with Crippen LogP contribution >= 0.6 is 0 Å². The molecule has 0 aliphatic carbocycles. The van der Waals surface area contributed by atoms with Crippen molar-refractivity contribution in [2.75, 3.05) is 25.1 Å². The summed E-state index contributed by atoms with van der Waals surface area (Å²) in [6.07, 6.45) is 2.17. The van der Waals surface area contributed by atoms with Crippen LogP contribution in [0.1, 0.15) is 25.3 Å². The van der Waals surface area contributed by atoms with E-state index in [0.717, 1.165) is 32.7 Å². The van der Waals surface area contributed by atoms with Gasteiger partial charge in [-0.05, 0) is 25.8 Å². The van der Waals surface area contributed by atoms with Crippen LogP contribution in [0.3, 0.4) is 0 Å². The molecule has 17 heavy (non-hydrogen) atoms. The SMILES string of the molecule is CCOCc1ccccc1NC1CCOCC1. The summed E-state index contributed by atoms with van der Waals surface area (Å²) in [7, 11) is 0. The van der Waals surface area contributed by atoms with Gasteiger partial charge in [0, 0.05) is 37.1 Å². The Morgan fingerprint density at radius 3 is 2.82 bits per heavy atom. The van der Waals surface area contributed by atoms with Crippen molar-refractivity contribution in [2.45, 2.75) is 32.4 Å². The van der Waals surface area contributed by atoms with Crippen LogP contribution in [0.2, 0.25) is 0 Å². The van der Waals surface area contributed by atoms with E-state index in [1.807, 2.05) is 6.92 Å². The number of nitrogens with one attached hydrogen (secondary N) is 1. The molecule has 0 bridgehead atoms. The van der Waals surface area contributed by atoms with E-state index in [0.29, 0.717) is 12.6 Å². The predicted molar refractivity (Wildman–Crippen MR) is 69.2 cm³/mol. The van der Waals surface area contributed by atoms with Gasteiger partial charge in [-0.2, -0.15) is 0 Å². The van der Waals surface area contributed by atoms with Crippen molar-refractivity contribution >= 4 is 5.69 Å². The minimum absolute atomic E-state index is 0.534. The fourth-order valence-electron chi connectivity index (χ4n) is 2.06. The Bertz CT molecular complexity index is 335. The molecule has 0 unspecified atom stereocenters. The summed E-state index contributed by atoms with van der Waals surface area (Å²) in [6.45, 7) is 5.19. The van der Waals surface area contributed by atoms with Crippen LogP contribution in [-0.4, -0.2) is 25.9 Å². The Balaban J connectivity index is 1.98. The molecule has 1 heterocycles. The summed E-state index contributed by atoms with van der Waals surface area (Å²) in [4.78, 5) is 0. The van der Waals surface area contributed by atoms with Gasteiger partial charge in [-0.1, -0.05) is 18.2 Å². The lowest BCUT2D eigenvalue weighted by Crippen LogP contribution is -2.28. The second kappa shape index (κ2) is 6.62. The number of hydrogen-bond donors (Lipinski definition) is 1. The Morgan fingerprint density at radius 1 is 1.29 bits per heavy atom. The average Bonchev–Trinajstić information content (AvgIpc) is 2.39. The van der Waals surface area contributed by atoms with Crippen LogP contribution in [0.15, 0.2) is 24.3 Å². The standard InChI is InChI=1S/C14H21NO2/c1-2-16-11-12-5-3-4-6-14(12)15-13-7-9-17-10-8-13/h3-6,13,15H,2,7-11H2,1H3. The number of benzene rings is 1. The monoisotopic (exact) mass is 235 g/mol. The van der Waals surface area contributed by atoms with Crippen molar-refractivity contribution in [2.24, 2.45) is 0 Å². The van der Waals surface area contributed by atoms with E-state index in [1.54, 1.807) is 0 Å². The second-order valence-electron chi connectivity index (χ2n) is 4.33. The van der Waals surface area contributed by atoms with Crippen LogP contribution in [0.5, 0.6) is 0 Å². The molecule has 1 fully saturated rings. The number of rotatable bonds is 5. The van der Waals surface area contributed by atoms with E-state index < -0.39 is 0 Å². The Morgan fingerprint density at radius 2 is 2.06 bits per heavy atom. The number of para-hydroxylation sites is 1. The highest BCUT2D eigenvalue weighted by Gasteiger charge is 2.14. The first-order valence-electron chi connectivity index (χ1n) is 6.40. The Hall–Kier alpha value is -1.06. The van der Waals surface area contributed by atoms with Gasteiger partial charge in [0.25, 0.3) is 0 Å². The van der Waals surface area contributed by atoms with Crippen molar-refractivity contribution < 1.29 is 9.47 Å². The first-order valence-corrected chi connectivity index (χ1v) is 6.40. The molecule has 1 aromatic carbocycles. The Labute approximate surface area is 103 Å². The minimum atomic E-state index is 0.534. The molecule has 3 nitrogen and oxygen atoms in total. The lowest BCUT2D eigenvalue weighted by Gasteiger charge is -2.25. The van der Waals surface area contributed by atoms with E-state index in [1.165, 1.54) is 11.3 Å². The summed E-state index contributed by atoms with van der Waals surface area (Å²) in [5.41, 5.74) is 2.44. The zero-order valence-electron chi connectivity index (χ0n) is 10.4. The van der Waals surface area contributed by atoms with E-state index in [9.17, 15) is 0 Å².